The Bertz CT molecular complexity index is 787. The Morgan fingerprint density at radius 2 is 2.27 bits per heavy atom. The zero-order chi connectivity index (χ0) is 18.5. The summed E-state index contributed by atoms with van der Waals surface area (Å²) in [5, 5.41) is 2.89. The number of hydrogen-bond donors (Lipinski definition) is 0. The highest BCUT2D eigenvalue weighted by molar-refractivity contribution is 7.10. The highest BCUT2D eigenvalue weighted by Gasteiger charge is 2.28. The van der Waals surface area contributed by atoms with Crippen LogP contribution >= 0.6 is 11.3 Å². The lowest BCUT2D eigenvalue weighted by atomic mass is 10.1. The van der Waals surface area contributed by atoms with Crippen LogP contribution in [0, 0.1) is 0 Å². The first kappa shape index (κ1) is 18.6. The minimum Gasteiger partial charge on any atom is -0.496 e. The van der Waals surface area contributed by atoms with Gasteiger partial charge in [0.15, 0.2) is 0 Å². The van der Waals surface area contributed by atoms with Crippen molar-refractivity contribution in [3.05, 3.63) is 46.8 Å². The van der Waals surface area contributed by atoms with Crippen molar-refractivity contribution in [2.75, 3.05) is 26.8 Å². The molecule has 1 aromatic heterocycles. The molecular weight excluding hydrogens is 348 g/mol. The van der Waals surface area contributed by atoms with Gasteiger partial charge in [0, 0.05) is 23.1 Å². The summed E-state index contributed by atoms with van der Waals surface area (Å²) in [6.45, 7) is 7.60. The van der Waals surface area contributed by atoms with E-state index < -0.39 is 0 Å². The van der Waals surface area contributed by atoms with E-state index in [2.05, 4.69) is 13.5 Å². The molecule has 0 radical (unpaired) electrons. The summed E-state index contributed by atoms with van der Waals surface area (Å²) < 4.78 is 11.3. The fourth-order valence-corrected chi connectivity index (χ4v) is 3.89. The van der Waals surface area contributed by atoms with Gasteiger partial charge in [0.25, 0.3) is 0 Å². The zero-order valence-electron chi connectivity index (χ0n) is 15.2. The average molecular weight is 372 g/mol. The molecule has 0 saturated carbocycles. The van der Waals surface area contributed by atoms with E-state index in [9.17, 15) is 4.79 Å². The van der Waals surface area contributed by atoms with E-state index >= 15 is 0 Å². The van der Waals surface area contributed by atoms with Crippen LogP contribution in [0.5, 0.6) is 5.75 Å². The topological polar surface area (TPSA) is 51.7 Å². The van der Waals surface area contributed by atoms with Crippen LogP contribution < -0.4 is 4.74 Å². The van der Waals surface area contributed by atoms with Crippen LogP contribution in [0.3, 0.4) is 0 Å². The summed E-state index contributed by atoms with van der Waals surface area (Å²) in [5.41, 5.74) is 2.49. The smallest absolute Gasteiger partial charge is 0.249 e. The summed E-state index contributed by atoms with van der Waals surface area (Å²) in [6, 6.07) is 7.81. The van der Waals surface area contributed by atoms with Gasteiger partial charge in [-0.1, -0.05) is 32.1 Å². The lowest BCUT2D eigenvalue weighted by Gasteiger charge is -2.32. The molecule has 1 aliphatic rings. The molecule has 1 aromatic carbocycles. The largest absolute Gasteiger partial charge is 0.496 e. The van der Waals surface area contributed by atoms with Crippen molar-refractivity contribution in [2.45, 2.75) is 25.9 Å². The number of morpholine rings is 1. The molecule has 0 spiro atoms. The van der Waals surface area contributed by atoms with Crippen LogP contribution in [-0.4, -0.2) is 42.6 Å². The summed E-state index contributed by atoms with van der Waals surface area (Å²) in [6.07, 6.45) is 1.46. The fourth-order valence-electron chi connectivity index (χ4n) is 3.03. The Hall–Kier alpha value is -2.18. The van der Waals surface area contributed by atoms with Gasteiger partial charge in [-0.2, -0.15) is 0 Å². The van der Waals surface area contributed by atoms with Gasteiger partial charge in [0.2, 0.25) is 5.91 Å². The Morgan fingerprint density at radius 1 is 1.46 bits per heavy atom. The summed E-state index contributed by atoms with van der Waals surface area (Å²) >= 11 is 1.55. The second kappa shape index (κ2) is 8.47. The molecule has 1 amide bonds. The van der Waals surface area contributed by atoms with E-state index in [0.29, 0.717) is 25.3 Å². The van der Waals surface area contributed by atoms with E-state index in [-0.39, 0.29) is 12.0 Å². The number of carbonyl (C=O) groups is 1. The molecule has 1 atom stereocenters. The average Bonchev–Trinajstić information content (AvgIpc) is 3.17. The van der Waals surface area contributed by atoms with Crippen LogP contribution in [0.1, 0.15) is 30.9 Å². The minimum atomic E-state index is -0.199. The molecule has 1 aliphatic heterocycles. The monoisotopic (exact) mass is 372 g/mol. The van der Waals surface area contributed by atoms with E-state index in [1.807, 2.05) is 34.5 Å². The normalized spacial score (nSPS) is 17.2. The molecular formula is C20H24N2O3S. The summed E-state index contributed by atoms with van der Waals surface area (Å²) in [4.78, 5) is 19.1. The van der Waals surface area contributed by atoms with Gasteiger partial charge >= 0.3 is 0 Å². The predicted octanol–water partition coefficient (Wildman–Crippen LogP) is 4.07. The van der Waals surface area contributed by atoms with Gasteiger partial charge in [-0.15, -0.1) is 11.3 Å². The van der Waals surface area contributed by atoms with E-state index in [1.165, 1.54) is 0 Å². The van der Waals surface area contributed by atoms with Crippen molar-refractivity contribution in [2.24, 2.45) is 0 Å². The number of nitrogens with zero attached hydrogens (tertiary/aromatic N) is 2. The first-order valence-corrected chi connectivity index (χ1v) is 9.69. The maximum Gasteiger partial charge on any atom is 0.249 e. The van der Waals surface area contributed by atoms with Gasteiger partial charge in [-0.25, -0.2) is 4.98 Å². The third-order valence-corrected chi connectivity index (χ3v) is 5.32. The first-order chi connectivity index (χ1) is 12.6. The van der Waals surface area contributed by atoms with Gasteiger partial charge in [0.05, 0.1) is 26.0 Å². The second-order valence-electron chi connectivity index (χ2n) is 6.24. The molecule has 26 heavy (non-hydrogen) atoms. The zero-order valence-corrected chi connectivity index (χ0v) is 16.1. The lowest BCUT2D eigenvalue weighted by Crippen LogP contribution is -2.42. The number of aromatic nitrogens is 1. The molecule has 1 unspecified atom stereocenters. The minimum absolute atomic E-state index is 0.0293. The van der Waals surface area contributed by atoms with Gasteiger partial charge in [-0.05, 0) is 18.6 Å². The summed E-state index contributed by atoms with van der Waals surface area (Å²) in [5.74, 6) is 0.822. The van der Waals surface area contributed by atoms with Crippen molar-refractivity contribution in [3.8, 4) is 17.0 Å². The third-order valence-electron chi connectivity index (χ3n) is 4.39. The van der Waals surface area contributed by atoms with Crippen molar-refractivity contribution in [3.63, 3.8) is 0 Å². The van der Waals surface area contributed by atoms with Crippen LogP contribution in [0.15, 0.2) is 41.8 Å². The van der Waals surface area contributed by atoms with Crippen LogP contribution in [-0.2, 0) is 9.53 Å². The molecule has 1 saturated heterocycles. The summed E-state index contributed by atoms with van der Waals surface area (Å²) in [7, 11) is 1.66. The molecule has 6 heteroatoms. The van der Waals surface area contributed by atoms with Crippen LogP contribution in [0.25, 0.3) is 11.3 Å². The van der Waals surface area contributed by atoms with E-state index in [0.717, 1.165) is 34.9 Å². The quantitative estimate of drug-likeness (QED) is 0.717. The van der Waals surface area contributed by atoms with Gasteiger partial charge in [0.1, 0.15) is 16.9 Å². The SMILES string of the molecule is C=C(CCC)C(=O)N1CCOC(c2nc(-c3ccccc3OC)cs2)C1. The van der Waals surface area contributed by atoms with Crippen LogP contribution in [0.4, 0.5) is 0 Å². The standard InChI is InChI=1S/C20H24N2O3S/c1-4-7-14(2)20(23)22-10-11-25-18(12-22)19-21-16(13-26-19)15-8-5-6-9-17(15)24-3/h5-6,8-9,13,18H,2,4,7,10-12H2,1,3H3. The molecule has 0 aliphatic carbocycles. The van der Waals surface area contributed by atoms with Crippen molar-refractivity contribution >= 4 is 17.2 Å². The molecule has 138 valence electrons. The molecule has 1 fully saturated rings. The van der Waals surface area contributed by atoms with Gasteiger partial charge in [-0.3, -0.25) is 4.79 Å². The number of hydrogen-bond acceptors (Lipinski definition) is 5. The maximum atomic E-state index is 12.5. The number of thiazole rings is 1. The molecule has 2 heterocycles. The molecule has 0 bridgehead atoms. The number of carbonyl (C=O) groups excluding carboxylic acids is 1. The number of amides is 1. The van der Waals surface area contributed by atoms with Crippen molar-refractivity contribution < 1.29 is 14.3 Å². The second-order valence-corrected chi connectivity index (χ2v) is 7.13. The lowest BCUT2D eigenvalue weighted by molar-refractivity contribution is -0.135. The molecule has 3 rings (SSSR count). The van der Waals surface area contributed by atoms with Gasteiger partial charge < -0.3 is 14.4 Å². The predicted molar refractivity (Wildman–Crippen MR) is 103 cm³/mol. The highest BCUT2D eigenvalue weighted by atomic mass is 32.1. The highest BCUT2D eigenvalue weighted by Crippen LogP contribution is 2.33. The Labute approximate surface area is 158 Å². The number of rotatable bonds is 6. The van der Waals surface area contributed by atoms with Crippen molar-refractivity contribution in [1.82, 2.24) is 9.88 Å². The number of methoxy groups -OCH3 is 1. The molecule has 2 aromatic rings. The van der Waals surface area contributed by atoms with Crippen molar-refractivity contribution in [1.29, 1.82) is 0 Å². The van der Waals surface area contributed by atoms with Crippen LogP contribution in [0.2, 0.25) is 0 Å². The molecule has 0 N–H and O–H groups in total. The van der Waals surface area contributed by atoms with E-state index in [4.69, 9.17) is 14.5 Å². The van der Waals surface area contributed by atoms with E-state index in [1.54, 1.807) is 18.4 Å². The molecule has 5 nitrogen and oxygen atoms in total. The third kappa shape index (κ3) is 3.97. The fraction of sp³-hybridized carbons (Fsp3) is 0.400. The number of benzene rings is 1. The number of ether oxygens (including phenoxy) is 2. The Kier molecular flexibility index (Phi) is 6.06. The Morgan fingerprint density at radius 3 is 3.04 bits per heavy atom. The first-order valence-electron chi connectivity index (χ1n) is 8.81. The Balaban J connectivity index is 1.75. The number of para-hydroxylation sites is 1. The maximum absolute atomic E-state index is 12.5.